The summed E-state index contributed by atoms with van der Waals surface area (Å²) in [5.41, 5.74) is 0.379. The van der Waals surface area contributed by atoms with E-state index in [1.54, 1.807) is 6.07 Å². The number of hydrogen-bond acceptors (Lipinski definition) is 1. The molecule has 0 saturated carbocycles. The molecule has 0 radical (unpaired) electrons. The summed E-state index contributed by atoms with van der Waals surface area (Å²) in [4.78, 5) is 1.93. The van der Waals surface area contributed by atoms with Crippen LogP contribution in [0.4, 0.5) is 8.78 Å². The summed E-state index contributed by atoms with van der Waals surface area (Å²) < 4.78 is 26.3. The first-order valence-electron chi connectivity index (χ1n) is 5.26. The van der Waals surface area contributed by atoms with Crippen LogP contribution in [0, 0.1) is 11.6 Å². The van der Waals surface area contributed by atoms with Crippen molar-refractivity contribution < 1.29 is 8.78 Å². The Morgan fingerprint density at radius 1 is 1.38 bits per heavy atom. The minimum Gasteiger partial charge on any atom is -0.302 e. The van der Waals surface area contributed by atoms with Crippen molar-refractivity contribution in [2.75, 3.05) is 13.6 Å². The number of alkyl halides is 1. The molecule has 0 spiro atoms. The second-order valence-corrected chi connectivity index (χ2v) is 4.77. The Hall–Kier alpha value is -0.670. The van der Waals surface area contributed by atoms with E-state index in [-0.39, 0.29) is 5.38 Å². The van der Waals surface area contributed by atoms with E-state index in [1.165, 1.54) is 6.07 Å². The van der Waals surface area contributed by atoms with Gasteiger partial charge in [0, 0.05) is 17.5 Å². The molecular formula is C12H16ClF2N. The third kappa shape index (κ3) is 4.06. The van der Waals surface area contributed by atoms with Gasteiger partial charge in [-0.25, -0.2) is 8.78 Å². The largest absolute Gasteiger partial charge is 0.302 e. The van der Waals surface area contributed by atoms with Crippen LogP contribution in [0.15, 0.2) is 18.2 Å². The quantitative estimate of drug-likeness (QED) is 0.721. The lowest BCUT2D eigenvalue weighted by atomic mass is 10.2. The Morgan fingerprint density at radius 3 is 2.69 bits per heavy atom. The summed E-state index contributed by atoms with van der Waals surface area (Å²) in [6, 6.07) is 4.24. The summed E-state index contributed by atoms with van der Waals surface area (Å²) >= 11 is 5.82. The highest BCUT2D eigenvalue weighted by Gasteiger charge is 2.10. The third-order valence-corrected chi connectivity index (χ3v) is 2.60. The van der Waals surface area contributed by atoms with Gasteiger partial charge < -0.3 is 4.90 Å². The second kappa shape index (κ2) is 6.16. The van der Waals surface area contributed by atoms with Gasteiger partial charge in [-0.3, -0.25) is 0 Å². The van der Waals surface area contributed by atoms with Gasteiger partial charge in [0.2, 0.25) is 0 Å². The van der Waals surface area contributed by atoms with E-state index in [0.717, 1.165) is 19.0 Å². The van der Waals surface area contributed by atoms with Gasteiger partial charge in [-0.15, -0.1) is 11.6 Å². The van der Waals surface area contributed by atoms with Crippen LogP contribution in [0.5, 0.6) is 0 Å². The van der Waals surface area contributed by atoms with Crippen LogP contribution in [-0.4, -0.2) is 23.9 Å². The van der Waals surface area contributed by atoms with Gasteiger partial charge in [0.05, 0.1) is 0 Å². The van der Waals surface area contributed by atoms with Crippen molar-refractivity contribution >= 4 is 11.6 Å². The van der Waals surface area contributed by atoms with Crippen molar-refractivity contribution in [2.24, 2.45) is 0 Å². The second-order valence-electron chi connectivity index (χ2n) is 4.02. The van der Waals surface area contributed by atoms with E-state index < -0.39 is 11.6 Å². The Morgan fingerprint density at radius 2 is 2.06 bits per heavy atom. The highest BCUT2D eigenvalue weighted by molar-refractivity contribution is 6.20. The SMILES string of the molecule is CC(Cl)CCN(C)Cc1cccc(F)c1F. The van der Waals surface area contributed by atoms with E-state index in [4.69, 9.17) is 11.6 Å². The van der Waals surface area contributed by atoms with Crippen molar-refractivity contribution in [3.8, 4) is 0 Å². The molecule has 1 aromatic rings. The van der Waals surface area contributed by atoms with E-state index in [0.29, 0.717) is 12.1 Å². The maximum absolute atomic E-state index is 13.3. The first-order valence-corrected chi connectivity index (χ1v) is 5.70. The summed E-state index contributed by atoms with van der Waals surface area (Å²) in [7, 11) is 1.86. The predicted molar refractivity (Wildman–Crippen MR) is 62.6 cm³/mol. The van der Waals surface area contributed by atoms with Crippen molar-refractivity contribution in [3.63, 3.8) is 0 Å². The highest BCUT2D eigenvalue weighted by atomic mass is 35.5. The third-order valence-electron chi connectivity index (χ3n) is 2.38. The molecule has 1 aromatic carbocycles. The maximum Gasteiger partial charge on any atom is 0.163 e. The molecule has 0 heterocycles. The van der Waals surface area contributed by atoms with Gasteiger partial charge in [0.15, 0.2) is 11.6 Å². The maximum atomic E-state index is 13.3. The molecule has 0 saturated heterocycles. The van der Waals surface area contributed by atoms with E-state index in [9.17, 15) is 8.78 Å². The molecule has 90 valence electrons. The smallest absolute Gasteiger partial charge is 0.163 e. The summed E-state index contributed by atoms with van der Waals surface area (Å²) in [5.74, 6) is -1.55. The average molecular weight is 248 g/mol. The molecule has 0 N–H and O–H groups in total. The molecule has 0 amide bonds. The van der Waals surface area contributed by atoms with Crippen LogP contribution in [-0.2, 0) is 6.54 Å². The molecule has 0 fully saturated rings. The average Bonchev–Trinajstić information content (AvgIpc) is 2.22. The predicted octanol–water partition coefficient (Wildman–Crippen LogP) is 3.41. The highest BCUT2D eigenvalue weighted by Crippen LogP contribution is 2.13. The molecule has 1 nitrogen and oxygen atoms in total. The number of rotatable bonds is 5. The van der Waals surface area contributed by atoms with Crippen molar-refractivity contribution in [2.45, 2.75) is 25.3 Å². The number of halogens is 3. The molecule has 4 heteroatoms. The summed E-state index contributed by atoms with van der Waals surface area (Å²) in [6.07, 6.45) is 0.828. The number of hydrogen-bond donors (Lipinski definition) is 0. The van der Waals surface area contributed by atoms with Crippen LogP contribution in [0.25, 0.3) is 0 Å². The molecule has 1 unspecified atom stereocenters. The molecular weight excluding hydrogens is 232 g/mol. The summed E-state index contributed by atoms with van der Waals surface area (Å²) in [6.45, 7) is 3.08. The zero-order valence-corrected chi connectivity index (χ0v) is 10.3. The van der Waals surface area contributed by atoms with E-state index in [1.807, 2.05) is 18.9 Å². The zero-order valence-electron chi connectivity index (χ0n) is 9.51. The fourth-order valence-corrected chi connectivity index (χ4v) is 1.54. The van der Waals surface area contributed by atoms with Gasteiger partial charge in [0.25, 0.3) is 0 Å². The van der Waals surface area contributed by atoms with Crippen LogP contribution in [0.1, 0.15) is 18.9 Å². The molecule has 16 heavy (non-hydrogen) atoms. The molecule has 0 aliphatic heterocycles. The van der Waals surface area contributed by atoms with Crippen LogP contribution in [0.2, 0.25) is 0 Å². The van der Waals surface area contributed by atoms with Crippen molar-refractivity contribution in [1.82, 2.24) is 4.90 Å². The molecule has 0 bridgehead atoms. The molecule has 0 aliphatic carbocycles. The molecule has 1 atom stereocenters. The minimum atomic E-state index is -0.795. The zero-order chi connectivity index (χ0) is 12.1. The number of nitrogens with zero attached hydrogens (tertiary/aromatic N) is 1. The van der Waals surface area contributed by atoms with Gasteiger partial charge >= 0.3 is 0 Å². The summed E-state index contributed by atoms with van der Waals surface area (Å²) in [5, 5.41) is 0.0970. The first kappa shape index (κ1) is 13.4. The van der Waals surface area contributed by atoms with Gasteiger partial charge in [-0.1, -0.05) is 12.1 Å². The van der Waals surface area contributed by atoms with Gasteiger partial charge in [0.1, 0.15) is 0 Å². The Balaban J connectivity index is 2.56. The topological polar surface area (TPSA) is 3.24 Å². The Kier molecular flexibility index (Phi) is 5.16. The lowest BCUT2D eigenvalue weighted by Gasteiger charge is -2.17. The van der Waals surface area contributed by atoms with E-state index >= 15 is 0 Å². The van der Waals surface area contributed by atoms with E-state index in [2.05, 4.69) is 0 Å². The van der Waals surface area contributed by atoms with Crippen LogP contribution < -0.4 is 0 Å². The molecule has 0 aromatic heterocycles. The monoisotopic (exact) mass is 247 g/mol. The van der Waals surface area contributed by atoms with Crippen LogP contribution >= 0.6 is 11.6 Å². The lowest BCUT2D eigenvalue weighted by Crippen LogP contribution is -2.21. The molecule has 1 rings (SSSR count). The molecule has 0 aliphatic rings. The number of benzene rings is 1. The van der Waals surface area contributed by atoms with Gasteiger partial charge in [-0.2, -0.15) is 0 Å². The Labute approximate surface area is 100 Å². The standard InChI is InChI=1S/C12H16ClF2N/c1-9(13)6-7-16(2)8-10-4-3-5-11(14)12(10)15/h3-5,9H,6-8H2,1-2H3. The fourth-order valence-electron chi connectivity index (χ4n) is 1.44. The Bertz CT molecular complexity index is 342. The lowest BCUT2D eigenvalue weighted by molar-refractivity contribution is 0.314. The minimum absolute atomic E-state index is 0.0970. The van der Waals surface area contributed by atoms with Crippen LogP contribution in [0.3, 0.4) is 0 Å². The fraction of sp³-hybridized carbons (Fsp3) is 0.500. The van der Waals surface area contributed by atoms with Crippen molar-refractivity contribution in [1.29, 1.82) is 0 Å². The first-order chi connectivity index (χ1) is 7.50. The normalized spacial score (nSPS) is 13.1. The van der Waals surface area contributed by atoms with Crippen molar-refractivity contribution in [3.05, 3.63) is 35.4 Å². The van der Waals surface area contributed by atoms with Gasteiger partial charge in [-0.05, 0) is 33.0 Å².